The van der Waals surface area contributed by atoms with Crippen molar-refractivity contribution in [1.82, 2.24) is 15.2 Å². The smallest absolute Gasteiger partial charge is 0.319 e. The van der Waals surface area contributed by atoms with Crippen LogP contribution < -0.4 is 10.6 Å². The predicted molar refractivity (Wildman–Crippen MR) is 76.7 cm³/mol. The maximum absolute atomic E-state index is 12.0. The maximum atomic E-state index is 12.0. The van der Waals surface area contributed by atoms with Gasteiger partial charge in [-0.05, 0) is 31.9 Å². The van der Waals surface area contributed by atoms with Gasteiger partial charge in [0.2, 0.25) is 5.91 Å². The van der Waals surface area contributed by atoms with Gasteiger partial charge in [0.1, 0.15) is 6.04 Å². The van der Waals surface area contributed by atoms with E-state index in [0.717, 1.165) is 25.9 Å². The summed E-state index contributed by atoms with van der Waals surface area (Å²) in [5.41, 5.74) is 0.410. The SMILES string of the molecule is CC(NC(=O)Nc1cccnc1Cl)C(=O)N1CCCC1. The molecule has 6 nitrogen and oxygen atoms in total. The van der Waals surface area contributed by atoms with Crippen LogP contribution in [0.15, 0.2) is 18.3 Å². The topological polar surface area (TPSA) is 74.3 Å². The van der Waals surface area contributed by atoms with Crippen molar-refractivity contribution in [3.8, 4) is 0 Å². The molecular formula is C13H17ClN4O2. The van der Waals surface area contributed by atoms with Gasteiger partial charge in [0.05, 0.1) is 5.69 Å². The second-order valence-corrected chi connectivity index (χ2v) is 5.05. The molecule has 0 aromatic carbocycles. The Kier molecular flexibility index (Phi) is 4.79. The summed E-state index contributed by atoms with van der Waals surface area (Å²) in [5, 5.41) is 5.39. The molecule has 1 aliphatic rings. The van der Waals surface area contributed by atoms with Gasteiger partial charge < -0.3 is 15.5 Å². The molecule has 1 fully saturated rings. The van der Waals surface area contributed by atoms with E-state index in [-0.39, 0.29) is 11.1 Å². The van der Waals surface area contributed by atoms with E-state index in [1.807, 2.05) is 0 Å². The number of nitrogens with zero attached hydrogens (tertiary/aromatic N) is 2. The summed E-state index contributed by atoms with van der Waals surface area (Å²) in [4.78, 5) is 29.5. The normalized spacial score (nSPS) is 15.8. The quantitative estimate of drug-likeness (QED) is 0.836. The minimum absolute atomic E-state index is 0.0602. The summed E-state index contributed by atoms with van der Waals surface area (Å²) in [6.45, 7) is 3.20. The first-order chi connectivity index (χ1) is 9.58. The van der Waals surface area contributed by atoms with E-state index in [2.05, 4.69) is 15.6 Å². The number of carbonyl (C=O) groups excluding carboxylic acids is 2. The van der Waals surface area contributed by atoms with Gasteiger partial charge in [0, 0.05) is 19.3 Å². The van der Waals surface area contributed by atoms with Crippen molar-refractivity contribution >= 4 is 29.2 Å². The van der Waals surface area contributed by atoms with Crippen LogP contribution in [0.2, 0.25) is 5.15 Å². The zero-order valence-corrected chi connectivity index (χ0v) is 12.0. The summed E-state index contributed by atoms with van der Waals surface area (Å²) in [6.07, 6.45) is 3.58. The van der Waals surface area contributed by atoms with E-state index in [1.165, 1.54) is 6.20 Å². The van der Waals surface area contributed by atoms with E-state index >= 15 is 0 Å². The van der Waals surface area contributed by atoms with E-state index in [4.69, 9.17) is 11.6 Å². The van der Waals surface area contributed by atoms with Gasteiger partial charge in [-0.2, -0.15) is 0 Å². The van der Waals surface area contributed by atoms with Crippen molar-refractivity contribution in [3.05, 3.63) is 23.5 Å². The molecule has 1 saturated heterocycles. The van der Waals surface area contributed by atoms with Gasteiger partial charge in [-0.1, -0.05) is 11.6 Å². The molecular weight excluding hydrogens is 280 g/mol. The van der Waals surface area contributed by atoms with Crippen LogP contribution in [0.3, 0.4) is 0 Å². The number of carbonyl (C=O) groups is 2. The fraction of sp³-hybridized carbons (Fsp3) is 0.462. The fourth-order valence-corrected chi connectivity index (χ4v) is 2.27. The number of hydrogen-bond acceptors (Lipinski definition) is 3. The maximum Gasteiger partial charge on any atom is 0.319 e. The molecule has 7 heteroatoms. The highest BCUT2D eigenvalue weighted by atomic mass is 35.5. The number of rotatable bonds is 3. The van der Waals surface area contributed by atoms with Crippen LogP contribution in [-0.2, 0) is 4.79 Å². The summed E-state index contributed by atoms with van der Waals surface area (Å²) < 4.78 is 0. The second-order valence-electron chi connectivity index (χ2n) is 4.69. The third-order valence-corrected chi connectivity index (χ3v) is 3.44. The monoisotopic (exact) mass is 296 g/mol. The van der Waals surface area contributed by atoms with Crippen molar-refractivity contribution < 1.29 is 9.59 Å². The van der Waals surface area contributed by atoms with Crippen LogP contribution in [0, 0.1) is 0 Å². The molecule has 2 N–H and O–H groups in total. The van der Waals surface area contributed by atoms with Gasteiger partial charge >= 0.3 is 6.03 Å². The van der Waals surface area contributed by atoms with Crippen LogP contribution in [0.5, 0.6) is 0 Å². The highest BCUT2D eigenvalue weighted by Gasteiger charge is 2.24. The van der Waals surface area contributed by atoms with E-state index < -0.39 is 12.1 Å². The van der Waals surface area contributed by atoms with E-state index in [9.17, 15) is 9.59 Å². The summed E-state index contributed by atoms with van der Waals surface area (Å²) in [7, 11) is 0. The average Bonchev–Trinajstić information content (AvgIpc) is 2.94. The fourth-order valence-electron chi connectivity index (χ4n) is 2.11. The van der Waals surface area contributed by atoms with Gasteiger partial charge in [-0.25, -0.2) is 9.78 Å². The van der Waals surface area contributed by atoms with Crippen molar-refractivity contribution in [3.63, 3.8) is 0 Å². The molecule has 1 unspecified atom stereocenters. The first kappa shape index (κ1) is 14.6. The molecule has 0 radical (unpaired) electrons. The summed E-state index contributed by atoms with van der Waals surface area (Å²) >= 11 is 5.84. The van der Waals surface area contributed by atoms with E-state index in [1.54, 1.807) is 24.0 Å². The van der Waals surface area contributed by atoms with Crippen LogP contribution in [0.25, 0.3) is 0 Å². The van der Waals surface area contributed by atoms with Crippen LogP contribution in [0.1, 0.15) is 19.8 Å². The first-order valence-electron chi connectivity index (χ1n) is 6.55. The van der Waals surface area contributed by atoms with Gasteiger partial charge in [-0.15, -0.1) is 0 Å². The lowest BCUT2D eigenvalue weighted by Crippen LogP contribution is -2.47. The van der Waals surface area contributed by atoms with Gasteiger partial charge in [-0.3, -0.25) is 4.79 Å². The number of hydrogen-bond donors (Lipinski definition) is 2. The summed E-state index contributed by atoms with van der Waals surface area (Å²) in [6, 6.07) is 2.27. The molecule has 0 aliphatic carbocycles. The van der Waals surface area contributed by atoms with Gasteiger partial charge in [0.15, 0.2) is 5.15 Å². The highest BCUT2D eigenvalue weighted by Crippen LogP contribution is 2.17. The number of anilines is 1. The molecule has 20 heavy (non-hydrogen) atoms. The standard InChI is InChI=1S/C13H17ClN4O2/c1-9(12(19)18-7-2-3-8-18)16-13(20)17-10-5-4-6-15-11(10)14/h4-6,9H,2-3,7-8H2,1H3,(H2,16,17,20). The number of pyridine rings is 1. The third kappa shape index (κ3) is 3.60. The van der Waals surface area contributed by atoms with Crippen molar-refractivity contribution in [1.29, 1.82) is 0 Å². The molecule has 1 aromatic rings. The number of urea groups is 1. The van der Waals surface area contributed by atoms with Crippen molar-refractivity contribution in [2.75, 3.05) is 18.4 Å². The number of nitrogens with one attached hydrogen (secondary N) is 2. The second kappa shape index (κ2) is 6.56. The van der Waals surface area contributed by atoms with Crippen molar-refractivity contribution in [2.45, 2.75) is 25.8 Å². The molecule has 1 aliphatic heterocycles. The van der Waals surface area contributed by atoms with Crippen LogP contribution >= 0.6 is 11.6 Å². The van der Waals surface area contributed by atoms with Crippen LogP contribution in [-0.4, -0.2) is 41.0 Å². The molecule has 2 heterocycles. The molecule has 3 amide bonds. The molecule has 1 aromatic heterocycles. The Morgan fingerprint density at radius 3 is 2.75 bits per heavy atom. The Morgan fingerprint density at radius 2 is 2.10 bits per heavy atom. The zero-order valence-electron chi connectivity index (χ0n) is 11.2. The van der Waals surface area contributed by atoms with Crippen LogP contribution in [0.4, 0.5) is 10.5 Å². The van der Waals surface area contributed by atoms with Gasteiger partial charge in [0.25, 0.3) is 0 Å². The third-order valence-electron chi connectivity index (χ3n) is 3.14. The number of amides is 3. The molecule has 0 saturated carbocycles. The molecule has 0 spiro atoms. The zero-order chi connectivity index (χ0) is 14.5. The minimum atomic E-state index is -0.566. The lowest BCUT2D eigenvalue weighted by molar-refractivity contribution is -0.131. The molecule has 0 bridgehead atoms. The van der Waals surface area contributed by atoms with E-state index in [0.29, 0.717) is 5.69 Å². The number of likely N-dealkylation sites (tertiary alicyclic amines) is 1. The Hall–Kier alpha value is -1.82. The Morgan fingerprint density at radius 1 is 1.40 bits per heavy atom. The first-order valence-corrected chi connectivity index (χ1v) is 6.92. The Balaban J connectivity index is 1.87. The lowest BCUT2D eigenvalue weighted by Gasteiger charge is -2.21. The minimum Gasteiger partial charge on any atom is -0.341 e. The molecule has 1 atom stereocenters. The molecule has 2 rings (SSSR count). The summed E-state index contributed by atoms with van der Waals surface area (Å²) in [5.74, 6) is -0.0602. The highest BCUT2D eigenvalue weighted by molar-refractivity contribution is 6.32. The largest absolute Gasteiger partial charge is 0.341 e. The average molecular weight is 297 g/mol. The number of halogens is 1. The Bertz CT molecular complexity index is 503. The Labute approximate surface area is 122 Å². The molecule has 108 valence electrons. The number of aromatic nitrogens is 1. The lowest BCUT2D eigenvalue weighted by atomic mass is 10.3. The predicted octanol–water partition coefficient (Wildman–Crippen LogP) is 1.87. The van der Waals surface area contributed by atoms with Crippen molar-refractivity contribution in [2.24, 2.45) is 0 Å².